The number of hydrogen-bond donors (Lipinski definition) is 2. The average Bonchev–Trinajstić information content (AvgIpc) is 3.01. The number of H-pyrrole nitrogens is 1. The molecule has 0 amide bonds. The summed E-state index contributed by atoms with van der Waals surface area (Å²) in [6.45, 7) is 5.29. The van der Waals surface area contributed by atoms with E-state index in [-0.39, 0.29) is 18.0 Å². The summed E-state index contributed by atoms with van der Waals surface area (Å²) in [7, 11) is 1.57. The molecule has 0 saturated carbocycles. The van der Waals surface area contributed by atoms with Gasteiger partial charge in [0.25, 0.3) is 0 Å². The number of aromatic nitrogens is 3. The zero-order chi connectivity index (χ0) is 20.7. The maximum Gasteiger partial charge on any atom is 0.573 e. The Bertz CT molecular complexity index is 1010. The lowest BCUT2D eigenvalue weighted by molar-refractivity contribution is -0.274. The molecule has 0 spiro atoms. The van der Waals surface area contributed by atoms with Crippen LogP contribution in [0.1, 0.15) is 29.6 Å². The molecule has 0 aliphatic rings. The second-order valence-electron chi connectivity index (χ2n) is 6.81. The molecule has 2 heterocycles. The van der Waals surface area contributed by atoms with Crippen LogP contribution < -0.4 is 9.47 Å². The summed E-state index contributed by atoms with van der Waals surface area (Å²) in [5.74, 6) is 0.544. The van der Waals surface area contributed by atoms with Gasteiger partial charge in [-0.05, 0) is 32.9 Å². The van der Waals surface area contributed by atoms with Crippen LogP contribution in [0.2, 0.25) is 0 Å². The van der Waals surface area contributed by atoms with E-state index in [1.54, 1.807) is 20.2 Å². The van der Waals surface area contributed by atoms with E-state index in [1.165, 1.54) is 18.2 Å². The molecule has 0 bridgehead atoms. The monoisotopic (exact) mass is 395 g/mol. The zero-order valence-electron chi connectivity index (χ0n) is 15.8. The van der Waals surface area contributed by atoms with Gasteiger partial charge in [-0.3, -0.25) is 4.98 Å². The fourth-order valence-electron chi connectivity index (χ4n) is 3.10. The molecule has 2 N–H and O–H groups in total. The van der Waals surface area contributed by atoms with E-state index < -0.39 is 12.0 Å². The van der Waals surface area contributed by atoms with Gasteiger partial charge in [-0.25, -0.2) is 4.98 Å². The van der Waals surface area contributed by atoms with Crippen LogP contribution in [-0.4, -0.2) is 33.5 Å². The van der Waals surface area contributed by atoms with Gasteiger partial charge in [0.1, 0.15) is 22.9 Å². The summed E-state index contributed by atoms with van der Waals surface area (Å²) in [4.78, 5) is 11.6. The van der Waals surface area contributed by atoms with Crippen molar-refractivity contribution in [3.8, 4) is 11.5 Å². The number of fused-ring (bicyclic) bond motifs is 1. The van der Waals surface area contributed by atoms with Crippen molar-refractivity contribution in [3.05, 3.63) is 47.0 Å². The highest BCUT2D eigenvalue weighted by Gasteiger charge is 2.32. The number of ether oxygens (including phenoxy) is 2. The van der Waals surface area contributed by atoms with Gasteiger partial charge < -0.3 is 19.6 Å². The molecular weight excluding hydrogens is 375 g/mol. The molecule has 0 aliphatic heterocycles. The smallest absolute Gasteiger partial charge is 0.496 e. The number of halogens is 3. The number of methoxy groups -OCH3 is 1. The van der Waals surface area contributed by atoms with Gasteiger partial charge in [-0.1, -0.05) is 0 Å². The topological polar surface area (TPSA) is 80.3 Å². The predicted octanol–water partition coefficient (Wildman–Crippen LogP) is 3.93. The first-order valence-electron chi connectivity index (χ1n) is 8.47. The third kappa shape index (κ3) is 4.04. The summed E-state index contributed by atoms with van der Waals surface area (Å²) in [5, 5.41) is 11.0. The Morgan fingerprint density at radius 2 is 1.93 bits per heavy atom. The maximum absolute atomic E-state index is 12.4. The third-order valence-electron chi connectivity index (χ3n) is 4.46. The van der Waals surface area contributed by atoms with E-state index in [0.29, 0.717) is 22.5 Å². The van der Waals surface area contributed by atoms with Crippen molar-refractivity contribution in [2.24, 2.45) is 0 Å². The molecule has 6 nitrogen and oxygen atoms in total. The molecule has 150 valence electrons. The molecule has 3 rings (SSSR count). The van der Waals surface area contributed by atoms with Crippen molar-refractivity contribution in [1.82, 2.24) is 15.0 Å². The number of pyridine rings is 1. The molecule has 1 atom stereocenters. The van der Waals surface area contributed by atoms with Crippen molar-refractivity contribution in [2.45, 2.75) is 39.2 Å². The highest BCUT2D eigenvalue weighted by molar-refractivity contribution is 5.77. The van der Waals surface area contributed by atoms with Gasteiger partial charge in [-0.2, -0.15) is 0 Å². The van der Waals surface area contributed by atoms with Crippen molar-refractivity contribution >= 4 is 11.0 Å². The van der Waals surface area contributed by atoms with Crippen LogP contribution in [0.4, 0.5) is 13.2 Å². The number of nitrogens with one attached hydrogen (secondary N) is 1. The first-order chi connectivity index (χ1) is 13.0. The van der Waals surface area contributed by atoms with Gasteiger partial charge in [0, 0.05) is 29.8 Å². The molecule has 1 aromatic carbocycles. The lowest BCUT2D eigenvalue weighted by Crippen LogP contribution is -2.27. The van der Waals surface area contributed by atoms with Crippen LogP contribution in [0, 0.1) is 13.8 Å². The second-order valence-corrected chi connectivity index (χ2v) is 6.81. The number of imidazole rings is 1. The van der Waals surface area contributed by atoms with Gasteiger partial charge in [-0.15, -0.1) is 13.2 Å². The molecule has 0 radical (unpaired) electrons. The Morgan fingerprint density at radius 3 is 2.57 bits per heavy atom. The Morgan fingerprint density at radius 1 is 1.21 bits per heavy atom. The summed E-state index contributed by atoms with van der Waals surface area (Å²) in [6.07, 6.45) is -2.98. The Kier molecular flexibility index (Phi) is 4.97. The normalized spacial score (nSPS) is 14.1. The zero-order valence-corrected chi connectivity index (χ0v) is 15.8. The Balaban J connectivity index is 1.92. The lowest BCUT2D eigenvalue weighted by atomic mass is 9.96. The molecule has 0 fully saturated rings. The van der Waals surface area contributed by atoms with Gasteiger partial charge in [0.2, 0.25) is 0 Å². The minimum Gasteiger partial charge on any atom is -0.496 e. The van der Waals surface area contributed by atoms with Crippen LogP contribution in [0.15, 0.2) is 24.4 Å². The Hall–Kier alpha value is -2.81. The number of benzene rings is 1. The third-order valence-corrected chi connectivity index (χ3v) is 4.46. The molecule has 2 aromatic heterocycles. The molecule has 9 heteroatoms. The van der Waals surface area contributed by atoms with E-state index in [4.69, 9.17) is 4.74 Å². The number of rotatable bonds is 5. The van der Waals surface area contributed by atoms with Gasteiger partial charge in [0.05, 0.1) is 23.8 Å². The maximum atomic E-state index is 12.4. The predicted molar refractivity (Wildman–Crippen MR) is 96.3 cm³/mol. The molecule has 3 aromatic rings. The van der Waals surface area contributed by atoms with E-state index in [0.717, 1.165) is 11.1 Å². The second kappa shape index (κ2) is 6.97. The van der Waals surface area contributed by atoms with Crippen LogP contribution in [0.5, 0.6) is 11.5 Å². The summed E-state index contributed by atoms with van der Waals surface area (Å²) in [6, 6.07) is 3.75. The van der Waals surface area contributed by atoms with Crippen LogP contribution in [0.25, 0.3) is 11.0 Å². The largest absolute Gasteiger partial charge is 0.573 e. The molecule has 1 unspecified atom stereocenters. The van der Waals surface area contributed by atoms with Crippen LogP contribution in [-0.2, 0) is 12.0 Å². The van der Waals surface area contributed by atoms with E-state index in [9.17, 15) is 18.3 Å². The Labute approximate surface area is 159 Å². The van der Waals surface area contributed by atoms with E-state index >= 15 is 0 Å². The number of alkyl halides is 3. The van der Waals surface area contributed by atoms with Gasteiger partial charge >= 0.3 is 6.36 Å². The highest BCUT2D eigenvalue weighted by atomic mass is 19.4. The number of aromatic amines is 1. The number of aliphatic hydroxyl groups is 1. The first kappa shape index (κ1) is 19.9. The minimum absolute atomic E-state index is 0.140. The fourth-order valence-corrected chi connectivity index (χ4v) is 3.10. The summed E-state index contributed by atoms with van der Waals surface area (Å²) < 4.78 is 46.5. The minimum atomic E-state index is -4.78. The average molecular weight is 395 g/mol. The van der Waals surface area contributed by atoms with Crippen molar-refractivity contribution < 1.29 is 27.8 Å². The molecule has 0 aliphatic carbocycles. The first-order valence-corrected chi connectivity index (χ1v) is 8.47. The summed E-state index contributed by atoms with van der Waals surface area (Å²) >= 11 is 0. The SMILES string of the molecule is COc1c(C)cnc(CC(C)(O)c2nc3ccc(OC(F)(F)F)cc3[nH]2)c1C. The van der Waals surface area contributed by atoms with Gasteiger partial charge in [0.15, 0.2) is 0 Å². The number of nitrogens with zero attached hydrogens (tertiary/aromatic N) is 2. The molecule has 28 heavy (non-hydrogen) atoms. The fraction of sp³-hybridized carbons (Fsp3) is 0.368. The van der Waals surface area contributed by atoms with Crippen molar-refractivity contribution in [1.29, 1.82) is 0 Å². The van der Waals surface area contributed by atoms with Crippen LogP contribution in [0.3, 0.4) is 0 Å². The standard InChI is InChI=1S/C19H20F3N3O3/c1-10-9-23-15(11(2)16(10)27-4)8-18(3,26)17-24-13-6-5-12(7-14(13)25-17)28-19(20,21)22/h5-7,9,26H,8H2,1-4H3,(H,24,25). The van der Waals surface area contributed by atoms with Crippen LogP contribution >= 0.6 is 0 Å². The van der Waals surface area contributed by atoms with E-state index in [1.807, 2.05) is 13.8 Å². The van der Waals surface area contributed by atoms with Crippen molar-refractivity contribution in [2.75, 3.05) is 7.11 Å². The number of aryl methyl sites for hydroxylation is 1. The quantitative estimate of drug-likeness (QED) is 0.684. The number of hydrogen-bond acceptors (Lipinski definition) is 5. The molecule has 0 saturated heterocycles. The lowest BCUT2D eigenvalue weighted by Gasteiger charge is -2.22. The van der Waals surface area contributed by atoms with E-state index in [2.05, 4.69) is 19.7 Å². The molecular formula is C19H20F3N3O3. The highest BCUT2D eigenvalue weighted by Crippen LogP contribution is 2.31. The van der Waals surface area contributed by atoms with Crippen molar-refractivity contribution in [3.63, 3.8) is 0 Å². The summed E-state index contributed by atoms with van der Waals surface area (Å²) in [5.41, 5.74) is 1.62.